The second-order valence-corrected chi connectivity index (χ2v) is 3.03. The van der Waals surface area contributed by atoms with Crippen LogP contribution in [0.5, 0.6) is 0 Å². The molecule has 0 aromatic rings. The summed E-state index contributed by atoms with van der Waals surface area (Å²) in [5.74, 6) is 0.718. The molecule has 1 unspecified atom stereocenters. The van der Waals surface area contributed by atoms with Gasteiger partial charge in [0.25, 0.3) is 0 Å². The molecule has 0 spiro atoms. The molecule has 2 nitrogen and oxygen atoms in total. The highest BCUT2D eigenvalue weighted by Crippen LogP contribution is 2.26. The highest BCUT2D eigenvalue weighted by atomic mass is 16.8. The fourth-order valence-electron chi connectivity index (χ4n) is 0.949. The lowest BCUT2D eigenvalue weighted by atomic mass is 10.0. The van der Waals surface area contributed by atoms with E-state index in [1.165, 1.54) is 0 Å². The SMILES string of the molecule is CC(C)CC1(C)NO1. The Labute approximate surface area is 50.2 Å². The van der Waals surface area contributed by atoms with Crippen LogP contribution in [-0.4, -0.2) is 5.72 Å². The van der Waals surface area contributed by atoms with Crippen molar-refractivity contribution in [2.24, 2.45) is 5.92 Å². The Morgan fingerprint density at radius 1 is 1.62 bits per heavy atom. The summed E-state index contributed by atoms with van der Waals surface area (Å²) in [7, 11) is 0. The number of hydrogen-bond donors (Lipinski definition) is 1. The zero-order chi connectivity index (χ0) is 6.20. The van der Waals surface area contributed by atoms with Crippen LogP contribution >= 0.6 is 0 Å². The van der Waals surface area contributed by atoms with Gasteiger partial charge in [0.05, 0.1) is 0 Å². The van der Waals surface area contributed by atoms with Crippen LogP contribution in [0.2, 0.25) is 0 Å². The first-order valence-corrected chi connectivity index (χ1v) is 3.07. The average molecular weight is 115 g/mol. The first kappa shape index (κ1) is 6.05. The summed E-state index contributed by atoms with van der Waals surface area (Å²) < 4.78 is 0. The predicted molar refractivity (Wildman–Crippen MR) is 32.1 cm³/mol. The van der Waals surface area contributed by atoms with E-state index in [9.17, 15) is 0 Å². The second-order valence-electron chi connectivity index (χ2n) is 3.03. The van der Waals surface area contributed by atoms with E-state index in [0.717, 1.165) is 12.3 Å². The third kappa shape index (κ3) is 1.46. The molecule has 0 radical (unpaired) electrons. The molecule has 1 heterocycles. The van der Waals surface area contributed by atoms with Crippen molar-refractivity contribution in [3.05, 3.63) is 0 Å². The fraction of sp³-hybridized carbons (Fsp3) is 1.00. The minimum absolute atomic E-state index is 0.0220. The van der Waals surface area contributed by atoms with Crippen LogP contribution in [0, 0.1) is 5.92 Å². The van der Waals surface area contributed by atoms with Crippen LogP contribution in [0.25, 0.3) is 0 Å². The van der Waals surface area contributed by atoms with Gasteiger partial charge in [0.1, 0.15) is 0 Å². The lowest BCUT2D eigenvalue weighted by Crippen LogP contribution is -2.11. The summed E-state index contributed by atoms with van der Waals surface area (Å²) in [6, 6.07) is 0. The lowest BCUT2D eigenvalue weighted by Gasteiger charge is -2.03. The van der Waals surface area contributed by atoms with Crippen LogP contribution in [0.3, 0.4) is 0 Å². The summed E-state index contributed by atoms with van der Waals surface area (Å²) in [5.41, 5.74) is 2.86. The molecule has 0 aliphatic carbocycles. The van der Waals surface area contributed by atoms with Crippen LogP contribution in [0.4, 0.5) is 0 Å². The van der Waals surface area contributed by atoms with Gasteiger partial charge >= 0.3 is 0 Å². The van der Waals surface area contributed by atoms with Gasteiger partial charge in [0.15, 0.2) is 5.72 Å². The van der Waals surface area contributed by atoms with Crippen LogP contribution in [-0.2, 0) is 4.84 Å². The Bertz CT molecular complexity index is 86.5. The van der Waals surface area contributed by atoms with Gasteiger partial charge in [-0.3, -0.25) is 4.84 Å². The smallest absolute Gasteiger partial charge is 0.159 e. The summed E-state index contributed by atoms with van der Waals surface area (Å²) in [4.78, 5) is 4.96. The van der Waals surface area contributed by atoms with Crippen molar-refractivity contribution in [1.29, 1.82) is 0 Å². The molecule has 1 N–H and O–H groups in total. The van der Waals surface area contributed by atoms with Crippen molar-refractivity contribution in [3.63, 3.8) is 0 Å². The molecular formula is C6H13NO. The Morgan fingerprint density at radius 3 is 2.25 bits per heavy atom. The minimum atomic E-state index is 0.0220. The number of nitrogens with one attached hydrogen (secondary N) is 1. The molecule has 0 bridgehead atoms. The molecule has 0 aromatic heterocycles. The molecule has 0 aromatic carbocycles. The number of hydrogen-bond acceptors (Lipinski definition) is 2. The van der Waals surface area contributed by atoms with E-state index in [1.54, 1.807) is 0 Å². The van der Waals surface area contributed by atoms with Crippen LogP contribution < -0.4 is 5.48 Å². The van der Waals surface area contributed by atoms with E-state index in [1.807, 2.05) is 0 Å². The third-order valence-electron chi connectivity index (χ3n) is 1.25. The molecular weight excluding hydrogens is 102 g/mol. The average Bonchev–Trinajstić information content (AvgIpc) is 2.17. The van der Waals surface area contributed by atoms with Gasteiger partial charge in [-0.15, -0.1) is 0 Å². The van der Waals surface area contributed by atoms with Crippen LogP contribution in [0.1, 0.15) is 27.2 Å². The zero-order valence-electron chi connectivity index (χ0n) is 5.69. The fourth-order valence-corrected chi connectivity index (χ4v) is 0.949. The molecule has 8 heavy (non-hydrogen) atoms. The molecule has 2 heteroatoms. The normalized spacial score (nSPS) is 36.0. The van der Waals surface area contributed by atoms with Gasteiger partial charge in [-0.2, -0.15) is 5.48 Å². The van der Waals surface area contributed by atoms with Crippen molar-refractivity contribution in [1.82, 2.24) is 5.48 Å². The molecule has 0 saturated carbocycles. The molecule has 1 fully saturated rings. The van der Waals surface area contributed by atoms with E-state index >= 15 is 0 Å². The molecule has 1 aliphatic rings. The van der Waals surface area contributed by atoms with E-state index in [0.29, 0.717) is 0 Å². The molecule has 1 aliphatic heterocycles. The molecule has 1 saturated heterocycles. The summed E-state index contributed by atoms with van der Waals surface area (Å²) in [5, 5.41) is 0. The standard InChI is InChI=1S/C6H13NO/c1-5(2)4-6(3)7-8-6/h5,7H,4H2,1-3H3. The molecule has 48 valence electrons. The van der Waals surface area contributed by atoms with E-state index in [4.69, 9.17) is 4.84 Å². The Balaban J connectivity index is 2.19. The van der Waals surface area contributed by atoms with E-state index in [-0.39, 0.29) is 5.72 Å². The first-order valence-electron chi connectivity index (χ1n) is 3.07. The minimum Gasteiger partial charge on any atom is -0.275 e. The van der Waals surface area contributed by atoms with Crippen molar-refractivity contribution in [2.75, 3.05) is 0 Å². The highest BCUT2D eigenvalue weighted by Gasteiger charge is 2.39. The lowest BCUT2D eigenvalue weighted by molar-refractivity contribution is 0.274. The summed E-state index contributed by atoms with van der Waals surface area (Å²) in [6.07, 6.45) is 1.10. The summed E-state index contributed by atoms with van der Waals surface area (Å²) in [6.45, 7) is 6.44. The second kappa shape index (κ2) is 1.71. The van der Waals surface area contributed by atoms with Crippen molar-refractivity contribution in [3.8, 4) is 0 Å². The van der Waals surface area contributed by atoms with E-state index < -0.39 is 0 Å². The zero-order valence-corrected chi connectivity index (χ0v) is 5.69. The predicted octanol–water partition coefficient (Wildman–Crippen LogP) is 1.28. The quantitative estimate of drug-likeness (QED) is 0.550. The maximum absolute atomic E-state index is 4.96. The van der Waals surface area contributed by atoms with Crippen LogP contribution in [0.15, 0.2) is 0 Å². The van der Waals surface area contributed by atoms with Gasteiger partial charge in [-0.25, -0.2) is 0 Å². The van der Waals surface area contributed by atoms with Gasteiger partial charge in [-0.1, -0.05) is 13.8 Å². The van der Waals surface area contributed by atoms with E-state index in [2.05, 4.69) is 26.3 Å². The molecule has 1 atom stereocenters. The van der Waals surface area contributed by atoms with Crippen molar-refractivity contribution < 1.29 is 4.84 Å². The Kier molecular flexibility index (Phi) is 1.29. The largest absolute Gasteiger partial charge is 0.275 e. The molecule has 0 amide bonds. The monoisotopic (exact) mass is 115 g/mol. The van der Waals surface area contributed by atoms with Gasteiger partial charge in [-0.05, 0) is 19.3 Å². The van der Waals surface area contributed by atoms with Gasteiger partial charge in [0.2, 0.25) is 0 Å². The Morgan fingerprint density at radius 2 is 2.12 bits per heavy atom. The number of hydroxylamine groups is 1. The highest BCUT2D eigenvalue weighted by molar-refractivity contribution is 4.77. The summed E-state index contributed by atoms with van der Waals surface area (Å²) >= 11 is 0. The Hall–Kier alpha value is -0.0800. The van der Waals surface area contributed by atoms with Crippen molar-refractivity contribution >= 4 is 0 Å². The van der Waals surface area contributed by atoms with Gasteiger partial charge < -0.3 is 0 Å². The number of rotatable bonds is 2. The third-order valence-corrected chi connectivity index (χ3v) is 1.25. The molecule has 1 rings (SSSR count). The van der Waals surface area contributed by atoms with Gasteiger partial charge in [0, 0.05) is 0 Å². The topological polar surface area (TPSA) is 34.5 Å². The van der Waals surface area contributed by atoms with Crippen molar-refractivity contribution in [2.45, 2.75) is 32.9 Å². The maximum atomic E-state index is 4.96. The first-order chi connectivity index (χ1) is 3.62. The maximum Gasteiger partial charge on any atom is 0.159 e.